The highest BCUT2D eigenvalue weighted by Crippen LogP contribution is 2.12. The second-order valence-electron chi connectivity index (χ2n) is 3.35. The number of carboxylic acids is 1. The standard InChI is InChI=1S/C11H13FN2O3/c12-8-3-1-2-4-9(8)14-10(15)5-6-13-7-11(16)17/h1-4,13H,5-7H2,(H,14,15)(H,16,17). The normalized spacial score (nSPS) is 9.94. The minimum absolute atomic E-state index is 0.0849. The molecule has 0 heterocycles. The third-order valence-electron chi connectivity index (χ3n) is 1.95. The number of halogens is 1. The summed E-state index contributed by atoms with van der Waals surface area (Å²) in [6.45, 7) is 0.0273. The molecule has 3 N–H and O–H groups in total. The Morgan fingerprint density at radius 2 is 2.00 bits per heavy atom. The van der Waals surface area contributed by atoms with E-state index in [-0.39, 0.29) is 31.1 Å². The van der Waals surface area contributed by atoms with Gasteiger partial charge in [0, 0.05) is 13.0 Å². The third kappa shape index (κ3) is 5.07. The molecule has 0 saturated heterocycles. The molecule has 0 atom stereocenters. The molecule has 0 unspecified atom stereocenters. The topological polar surface area (TPSA) is 78.4 Å². The number of hydrogen-bond donors (Lipinski definition) is 3. The molecule has 1 aromatic rings. The van der Waals surface area contributed by atoms with E-state index in [1.165, 1.54) is 18.2 Å². The minimum Gasteiger partial charge on any atom is -0.480 e. The van der Waals surface area contributed by atoms with Crippen LogP contribution in [-0.2, 0) is 9.59 Å². The van der Waals surface area contributed by atoms with Crippen LogP contribution in [0.25, 0.3) is 0 Å². The first kappa shape index (κ1) is 13.1. The number of aliphatic carboxylic acids is 1. The van der Waals surface area contributed by atoms with Crippen LogP contribution in [0.15, 0.2) is 24.3 Å². The summed E-state index contributed by atoms with van der Waals surface area (Å²) >= 11 is 0. The highest BCUT2D eigenvalue weighted by atomic mass is 19.1. The molecule has 0 radical (unpaired) electrons. The van der Waals surface area contributed by atoms with E-state index in [4.69, 9.17) is 5.11 Å². The average molecular weight is 240 g/mol. The van der Waals surface area contributed by atoms with Crippen LogP contribution in [0.1, 0.15) is 6.42 Å². The molecular formula is C11H13FN2O3. The molecule has 1 amide bonds. The molecule has 0 aromatic heterocycles. The van der Waals surface area contributed by atoms with Crippen molar-refractivity contribution in [2.24, 2.45) is 0 Å². The van der Waals surface area contributed by atoms with E-state index in [0.29, 0.717) is 0 Å². The van der Waals surface area contributed by atoms with Gasteiger partial charge in [0.05, 0.1) is 12.2 Å². The van der Waals surface area contributed by atoms with Gasteiger partial charge in [0.2, 0.25) is 5.91 Å². The molecule has 17 heavy (non-hydrogen) atoms. The second kappa shape index (κ2) is 6.59. The van der Waals surface area contributed by atoms with E-state index in [2.05, 4.69) is 10.6 Å². The number of amides is 1. The van der Waals surface area contributed by atoms with Crippen molar-refractivity contribution in [3.05, 3.63) is 30.1 Å². The van der Waals surface area contributed by atoms with Gasteiger partial charge in [0.25, 0.3) is 0 Å². The van der Waals surface area contributed by atoms with Crippen LogP contribution in [-0.4, -0.2) is 30.1 Å². The van der Waals surface area contributed by atoms with Gasteiger partial charge < -0.3 is 15.7 Å². The van der Waals surface area contributed by atoms with E-state index in [9.17, 15) is 14.0 Å². The van der Waals surface area contributed by atoms with Gasteiger partial charge in [-0.25, -0.2) is 4.39 Å². The number of carbonyl (C=O) groups excluding carboxylic acids is 1. The third-order valence-corrected chi connectivity index (χ3v) is 1.95. The smallest absolute Gasteiger partial charge is 0.317 e. The molecule has 0 saturated carbocycles. The largest absolute Gasteiger partial charge is 0.480 e. The first-order valence-corrected chi connectivity index (χ1v) is 5.06. The predicted molar refractivity (Wildman–Crippen MR) is 60.2 cm³/mol. The van der Waals surface area contributed by atoms with Crippen molar-refractivity contribution in [2.45, 2.75) is 6.42 Å². The van der Waals surface area contributed by atoms with Gasteiger partial charge in [-0.05, 0) is 12.1 Å². The Morgan fingerprint density at radius 3 is 2.65 bits per heavy atom. The maximum atomic E-state index is 13.1. The molecule has 0 fully saturated rings. The van der Waals surface area contributed by atoms with Crippen molar-refractivity contribution in [1.82, 2.24) is 5.32 Å². The molecule has 0 bridgehead atoms. The fraction of sp³-hybridized carbons (Fsp3) is 0.273. The molecule has 0 aliphatic heterocycles. The Morgan fingerprint density at radius 1 is 1.29 bits per heavy atom. The Kier molecular flexibility index (Phi) is 5.09. The monoisotopic (exact) mass is 240 g/mol. The molecule has 6 heteroatoms. The van der Waals surface area contributed by atoms with Gasteiger partial charge in [0.1, 0.15) is 5.82 Å². The maximum Gasteiger partial charge on any atom is 0.317 e. The number of nitrogens with one attached hydrogen (secondary N) is 2. The Bertz CT molecular complexity index is 409. The lowest BCUT2D eigenvalue weighted by atomic mass is 10.3. The fourth-order valence-electron chi connectivity index (χ4n) is 1.17. The van der Waals surface area contributed by atoms with Crippen LogP contribution in [0.5, 0.6) is 0 Å². The zero-order chi connectivity index (χ0) is 12.7. The Labute approximate surface area is 97.6 Å². The van der Waals surface area contributed by atoms with Crippen molar-refractivity contribution in [2.75, 3.05) is 18.4 Å². The van der Waals surface area contributed by atoms with Crippen molar-refractivity contribution in [3.63, 3.8) is 0 Å². The predicted octanol–water partition coefficient (Wildman–Crippen LogP) is 0.829. The summed E-state index contributed by atoms with van der Waals surface area (Å²) in [6, 6.07) is 5.84. The van der Waals surface area contributed by atoms with Crippen molar-refractivity contribution in [1.29, 1.82) is 0 Å². The van der Waals surface area contributed by atoms with Gasteiger partial charge in [-0.1, -0.05) is 12.1 Å². The summed E-state index contributed by atoms with van der Waals surface area (Å²) in [5.74, 6) is -1.85. The number of para-hydroxylation sites is 1. The van der Waals surface area contributed by atoms with Crippen LogP contribution in [0.4, 0.5) is 10.1 Å². The van der Waals surface area contributed by atoms with Crippen LogP contribution >= 0.6 is 0 Å². The van der Waals surface area contributed by atoms with Crippen LogP contribution in [0, 0.1) is 5.82 Å². The molecule has 0 aliphatic rings. The summed E-state index contributed by atoms with van der Waals surface area (Å²) in [5.41, 5.74) is 0.121. The van der Waals surface area contributed by atoms with E-state index in [1.54, 1.807) is 6.07 Å². The number of benzene rings is 1. The highest BCUT2D eigenvalue weighted by molar-refractivity contribution is 5.90. The van der Waals surface area contributed by atoms with Gasteiger partial charge in [-0.2, -0.15) is 0 Å². The summed E-state index contributed by atoms with van der Waals surface area (Å²) in [6.07, 6.45) is 0.0849. The lowest BCUT2D eigenvalue weighted by Gasteiger charge is -2.06. The molecular weight excluding hydrogens is 227 g/mol. The first-order chi connectivity index (χ1) is 8.09. The van der Waals surface area contributed by atoms with Gasteiger partial charge in [-0.3, -0.25) is 9.59 Å². The number of carboxylic acid groups (broad SMARTS) is 1. The second-order valence-corrected chi connectivity index (χ2v) is 3.35. The number of rotatable bonds is 6. The van der Waals surface area contributed by atoms with Crippen LogP contribution < -0.4 is 10.6 Å². The molecule has 1 aromatic carbocycles. The SMILES string of the molecule is O=C(O)CNCCC(=O)Nc1ccccc1F. The molecule has 92 valence electrons. The Balaban J connectivity index is 2.30. The lowest BCUT2D eigenvalue weighted by Crippen LogP contribution is -2.26. The maximum absolute atomic E-state index is 13.1. The summed E-state index contributed by atoms with van der Waals surface area (Å²) in [7, 11) is 0. The quantitative estimate of drug-likeness (QED) is 0.643. The van der Waals surface area contributed by atoms with Crippen molar-refractivity contribution < 1.29 is 19.1 Å². The lowest BCUT2D eigenvalue weighted by molar-refractivity contribution is -0.136. The van der Waals surface area contributed by atoms with Crippen LogP contribution in [0.3, 0.4) is 0 Å². The number of hydrogen-bond acceptors (Lipinski definition) is 3. The summed E-state index contributed by atoms with van der Waals surface area (Å²) < 4.78 is 13.1. The zero-order valence-corrected chi connectivity index (χ0v) is 9.07. The van der Waals surface area contributed by atoms with Crippen molar-refractivity contribution >= 4 is 17.6 Å². The van der Waals surface area contributed by atoms with Gasteiger partial charge >= 0.3 is 5.97 Å². The first-order valence-electron chi connectivity index (χ1n) is 5.06. The van der Waals surface area contributed by atoms with Crippen LogP contribution in [0.2, 0.25) is 0 Å². The van der Waals surface area contributed by atoms with Crippen molar-refractivity contribution in [3.8, 4) is 0 Å². The zero-order valence-electron chi connectivity index (χ0n) is 9.07. The van der Waals surface area contributed by atoms with E-state index in [1.807, 2.05) is 0 Å². The van der Waals surface area contributed by atoms with E-state index >= 15 is 0 Å². The molecule has 0 spiro atoms. The van der Waals surface area contributed by atoms with E-state index < -0.39 is 11.8 Å². The van der Waals surface area contributed by atoms with Gasteiger partial charge in [0.15, 0.2) is 0 Å². The summed E-state index contributed by atoms with van der Waals surface area (Å²) in [5, 5.41) is 13.3. The molecule has 1 rings (SSSR count). The number of anilines is 1. The molecule has 5 nitrogen and oxygen atoms in total. The fourth-order valence-corrected chi connectivity index (χ4v) is 1.17. The number of carbonyl (C=O) groups is 2. The average Bonchev–Trinajstić information content (AvgIpc) is 2.27. The minimum atomic E-state index is -0.987. The van der Waals surface area contributed by atoms with Gasteiger partial charge in [-0.15, -0.1) is 0 Å². The highest BCUT2D eigenvalue weighted by Gasteiger charge is 2.05. The van der Waals surface area contributed by atoms with E-state index in [0.717, 1.165) is 0 Å². The molecule has 0 aliphatic carbocycles. The summed E-state index contributed by atoms with van der Waals surface area (Å²) in [4.78, 5) is 21.5. The Hall–Kier alpha value is -1.95.